The Morgan fingerprint density at radius 2 is 1.97 bits per heavy atom. The second-order valence-electron chi connectivity index (χ2n) is 8.24. The number of hydrogen-bond acceptors (Lipinski definition) is 5. The number of methoxy groups -OCH3 is 1. The summed E-state index contributed by atoms with van der Waals surface area (Å²) in [5.74, 6) is 0.564. The number of carbonyl (C=O) groups is 1. The van der Waals surface area contributed by atoms with Gasteiger partial charge in [-0.25, -0.2) is 8.42 Å². The van der Waals surface area contributed by atoms with Gasteiger partial charge < -0.3 is 15.0 Å². The lowest BCUT2D eigenvalue weighted by atomic mass is 10.1. The predicted octanol–water partition coefficient (Wildman–Crippen LogP) is 3.26. The molecule has 1 aliphatic heterocycles. The number of rotatable bonds is 8. The Bertz CT molecular complexity index is 1040. The number of ether oxygens (including phenoxy) is 1. The molecule has 0 radical (unpaired) electrons. The first kappa shape index (κ1) is 23.1. The monoisotopic (exact) mass is 445 g/mol. The van der Waals surface area contributed by atoms with Gasteiger partial charge in [-0.2, -0.15) is 0 Å². The molecule has 1 fully saturated rings. The van der Waals surface area contributed by atoms with E-state index < -0.39 is 10.0 Å². The van der Waals surface area contributed by atoms with Crippen LogP contribution in [0.3, 0.4) is 0 Å². The van der Waals surface area contributed by atoms with E-state index in [1.54, 1.807) is 43.3 Å². The summed E-state index contributed by atoms with van der Waals surface area (Å²) in [7, 11) is -2.42. The Morgan fingerprint density at radius 3 is 2.65 bits per heavy atom. The van der Waals surface area contributed by atoms with E-state index in [1.807, 2.05) is 0 Å². The molecule has 8 heteroatoms. The number of nitrogens with one attached hydrogen (secondary N) is 2. The van der Waals surface area contributed by atoms with Crippen molar-refractivity contribution >= 4 is 21.6 Å². The third-order valence-corrected chi connectivity index (χ3v) is 7.20. The summed E-state index contributed by atoms with van der Waals surface area (Å²) in [6.07, 6.45) is 1.05. The normalized spacial score (nSPS) is 17.0. The van der Waals surface area contributed by atoms with Gasteiger partial charge in [0.05, 0.1) is 17.7 Å². The molecule has 3 rings (SSSR count). The van der Waals surface area contributed by atoms with Gasteiger partial charge in [0.15, 0.2) is 0 Å². The average Bonchev–Trinajstić information content (AvgIpc) is 3.22. The Hall–Kier alpha value is -2.58. The molecule has 0 aromatic heterocycles. The van der Waals surface area contributed by atoms with Crippen molar-refractivity contribution in [3.63, 3.8) is 0 Å². The van der Waals surface area contributed by atoms with Gasteiger partial charge in [-0.1, -0.05) is 18.2 Å². The summed E-state index contributed by atoms with van der Waals surface area (Å²) in [5.41, 5.74) is 1.22. The summed E-state index contributed by atoms with van der Waals surface area (Å²) < 4.78 is 33.8. The summed E-state index contributed by atoms with van der Waals surface area (Å²) >= 11 is 0. The summed E-state index contributed by atoms with van der Waals surface area (Å²) in [6, 6.07) is 12.0. The first-order chi connectivity index (χ1) is 14.7. The lowest BCUT2D eigenvalue weighted by molar-refractivity contribution is 0.0947. The minimum atomic E-state index is -3.90. The van der Waals surface area contributed by atoms with E-state index in [-0.39, 0.29) is 10.8 Å². The smallest absolute Gasteiger partial charge is 0.262 e. The van der Waals surface area contributed by atoms with Crippen LogP contribution in [0.2, 0.25) is 0 Å². The SMILES string of the molecule is COc1ccccc1NS(=O)(=O)c1cc(C(=O)NCC2CCN(C(C)C)C2)ccc1C. The maximum atomic E-state index is 13.0. The van der Waals surface area contributed by atoms with E-state index in [4.69, 9.17) is 4.74 Å². The molecule has 2 N–H and O–H groups in total. The molecular formula is C23H31N3O4S. The molecule has 1 atom stereocenters. The molecule has 0 saturated carbocycles. The molecular weight excluding hydrogens is 414 g/mol. The van der Waals surface area contributed by atoms with Crippen molar-refractivity contribution in [3.05, 3.63) is 53.6 Å². The van der Waals surface area contributed by atoms with E-state index in [0.717, 1.165) is 19.5 Å². The van der Waals surface area contributed by atoms with Crippen molar-refractivity contribution in [3.8, 4) is 5.75 Å². The van der Waals surface area contributed by atoms with Crippen LogP contribution in [0.5, 0.6) is 5.75 Å². The molecule has 0 bridgehead atoms. The van der Waals surface area contributed by atoms with Gasteiger partial charge in [-0.15, -0.1) is 0 Å². The van der Waals surface area contributed by atoms with Crippen LogP contribution >= 0.6 is 0 Å². The zero-order valence-corrected chi connectivity index (χ0v) is 19.3. The van der Waals surface area contributed by atoms with Gasteiger partial charge in [0.1, 0.15) is 5.75 Å². The van der Waals surface area contributed by atoms with Crippen LogP contribution in [-0.4, -0.2) is 52.0 Å². The molecule has 7 nitrogen and oxygen atoms in total. The lowest BCUT2D eigenvalue weighted by Gasteiger charge is -2.20. The van der Waals surface area contributed by atoms with Gasteiger partial charge in [0.25, 0.3) is 15.9 Å². The number of benzene rings is 2. The molecule has 0 spiro atoms. The number of likely N-dealkylation sites (tertiary alicyclic amines) is 1. The first-order valence-corrected chi connectivity index (χ1v) is 12.0. The van der Waals surface area contributed by atoms with Crippen molar-refractivity contribution in [2.45, 2.75) is 38.1 Å². The lowest BCUT2D eigenvalue weighted by Crippen LogP contribution is -2.33. The number of sulfonamides is 1. The van der Waals surface area contributed by atoms with E-state index in [2.05, 4.69) is 28.8 Å². The fourth-order valence-electron chi connectivity index (χ4n) is 3.80. The molecule has 1 saturated heterocycles. The number of nitrogens with zero attached hydrogens (tertiary/aromatic N) is 1. The minimum Gasteiger partial charge on any atom is -0.495 e. The van der Waals surface area contributed by atoms with Crippen LogP contribution in [0.15, 0.2) is 47.4 Å². The van der Waals surface area contributed by atoms with Crippen molar-refractivity contribution in [1.29, 1.82) is 0 Å². The maximum absolute atomic E-state index is 13.0. The number of aryl methyl sites for hydroxylation is 1. The number of carbonyl (C=O) groups excluding carboxylic acids is 1. The zero-order valence-electron chi connectivity index (χ0n) is 18.5. The number of para-hydroxylation sites is 2. The second kappa shape index (κ2) is 9.70. The van der Waals surface area contributed by atoms with Gasteiger partial charge in [-0.3, -0.25) is 9.52 Å². The van der Waals surface area contributed by atoms with Crippen molar-refractivity contribution in [2.24, 2.45) is 5.92 Å². The zero-order chi connectivity index (χ0) is 22.6. The van der Waals surface area contributed by atoms with E-state index in [9.17, 15) is 13.2 Å². The molecule has 31 heavy (non-hydrogen) atoms. The van der Waals surface area contributed by atoms with Crippen molar-refractivity contribution < 1.29 is 17.9 Å². The molecule has 1 unspecified atom stereocenters. The van der Waals surface area contributed by atoms with Gasteiger partial charge in [-0.05, 0) is 69.5 Å². The Morgan fingerprint density at radius 1 is 1.23 bits per heavy atom. The van der Waals surface area contributed by atoms with Gasteiger partial charge >= 0.3 is 0 Å². The Labute approximate surface area is 184 Å². The van der Waals surface area contributed by atoms with Crippen LogP contribution < -0.4 is 14.8 Å². The third kappa shape index (κ3) is 5.57. The quantitative estimate of drug-likeness (QED) is 0.651. The molecule has 1 aliphatic rings. The topological polar surface area (TPSA) is 87.7 Å². The van der Waals surface area contributed by atoms with E-state index >= 15 is 0 Å². The average molecular weight is 446 g/mol. The van der Waals surface area contributed by atoms with Crippen LogP contribution in [0.25, 0.3) is 0 Å². The van der Waals surface area contributed by atoms with Gasteiger partial charge in [0, 0.05) is 24.7 Å². The first-order valence-electron chi connectivity index (χ1n) is 10.5. The van der Waals surface area contributed by atoms with Gasteiger partial charge in [0.2, 0.25) is 0 Å². The number of hydrogen-bond donors (Lipinski definition) is 2. The minimum absolute atomic E-state index is 0.0675. The Kier molecular flexibility index (Phi) is 7.23. The molecule has 2 aromatic carbocycles. The number of amides is 1. The third-order valence-electron chi connectivity index (χ3n) is 5.69. The predicted molar refractivity (Wildman–Crippen MR) is 122 cm³/mol. The molecule has 168 valence electrons. The van der Waals surface area contributed by atoms with E-state index in [0.29, 0.717) is 41.1 Å². The highest BCUT2D eigenvalue weighted by Crippen LogP contribution is 2.27. The van der Waals surface area contributed by atoms with Crippen LogP contribution in [0.4, 0.5) is 5.69 Å². The molecule has 1 heterocycles. The molecule has 0 aliphatic carbocycles. The molecule has 2 aromatic rings. The summed E-state index contributed by atoms with van der Waals surface area (Å²) in [6.45, 7) is 8.64. The maximum Gasteiger partial charge on any atom is 0.262 e. The second-order valence-corrected chi connectivity index (χ2v) is 9.89. The Balaban J connectivity index is 1.72. The largest absolute Gasteiger partial charge is 0.495 e. The highest BCUT2D eigenvalue weighted by molar-refractivity contribution is 7.92. The van der Waals surface area contributed by atoms with Crippen molar-refractivity contribution in [2.75, 3.05) is 31.5 Å². The standard InChI is InChI=1S/C23H31N3O4S/c1-16(2)26-12-11-18(15-26)14-24-23(27)19-10-9-17(3)22(13-19)31(28,29)25-20-7-5-6-8-21(20)30-4/h5-10,13,16,18,25H,11-12,14-15H2,1-4H3,(H,24,27). The van der Waals surface area contributed by atoms with E-state index in [1.165, 1.54) is 13.2 Å². The molecule has 1 amide bonds. The number of anilines is 1. The van der Waals surface area contributed by atoms with Crippen LogP contribution in [-0.2, 0) is 10.0 Å². The highest BCUT2D eigenvalue weighted by atomic mass is 32.2. The summed E-state index contributed by atoms with van der Waals surface area (Å²) in [5, 5.41) is 2.97. The van der Waals surface area contributed by atoms with Crippen LogP contribution in [0.1, 0.15) is 36.2 Å². The highest BCUT2D eigenvalue weighted by Gasteiger charge is 2.25. The fraction of sp³-hybridized carbons (Fsp3) is 0.435. The van der Waals surface area contributed by atoms with Crippen LogP contribution in [0, 0.1) is 12.8 Å². The van der Waals surface area contributed by atoms with Crippen molar-refractivity contribution in [1.82, 2.24) is 10.2 Å². The summed E-state index contributed by atoms with van der Waals surface area (Å²) in [4.78, 5) is 15.2. The fourth-order valence-corrected chi connectivity index (χ4v) is 5.14.